The van der Waals surface area contributed by atoms with Crippen LogP contribution in [0.15, 0.2) is 41.8 Å². The zero-order valence-corrected chi connectivity index (χ0v) is 17.4. The van der Waals surface area contributed by atoms with Crippen LogP contribution in [0.1, 0.15) is 30.4 Å². The van der Waals surface area contributed by atoms with E-state index in [1.807, 2.05) is 24.4 Å². The first-order valence-corrected chi connectivity index (χ1v) is 10.8. The number of thiophene rings is 1. The highest BCUT2D eigenvalue weighted by molar-refractivity contribution is 7.13. The van der Waals surface area contributed by atoms with Gasteiger partial charge in [-0.3, -0.25) is 9.59 Å². The zero-order chi connectivity index (χ0) is 21.1. The molecule has 0 saturated carbocycles. The number of carbonyl (C=O) groups excluding carboxylic acids is 2. The van der Waals surface area contributed by atoms with Gasteiger partial charge in [0, 0.05) is 19.6 Å². The minimum Gasteiger partial charge on any atom is -0.356 e. The molecule has 1 N–H and O–H groups in total. The predicted octanol–water partition coefficient (Wildman–Crippen LogP) is 3.12. The summed E-state index contributed by atoms with van der Waals surface area (Å²) in [5, 5.41) is 9.15. The van der Waals surface area contributed by atoms with Crippen LogP contribution in [0.4, 0.5) is 4.39 Å². The Morgan fingerprint density at radius 3 is 2.90 bits per heavy atom. The van der Waals surface area contributed by atoms with Gasteiger partial charge in [0.25, 0.3) is 5.91 Å². The monoisotopic (exact) mass is 427 g/mol. The standard InChI is InChI=1S/C21H22FN5O2S/c1-2-23-20(28)14-6-4-10-26(13-14)21(29)18-24-19(17-9-5-11-30-17)27(25-18)16-8-3-7-15(22)12-16/h3,5,7-9,11-12,14H,2,4,6,10,13H2,1H3,(H,23,28). The molecule has 1 aliphatic heterocycles. The van der Waals surface area contributed by atoms with Crippen LogP contribution in [0, 0.1) is 11.7 Å². The Labute approximate surface area is 177 Å². The van der Waals surface area contributed by atoms with Crippen LogP contribution < -0.4 is 5.32 Å². The topological polar surface area (TPSA) is 80.1 Å². The van der Waals surface area contributed by atoms with Crippen molar-refractivity contribution in [3.63, 3.8) is 0 Å². The number of carbonyl (C=O) groups is 2. The van der Waals surface area contributed by atoms with E-state index in [2.05, 4.69) is 15.4 Å². The Morgan fingerprint density at radius 1 is 1.30 bits per heavy atom. The number of benzene rings is 1. The second kappa shape index (κ2) is 8.74. The van der Waals surface area contributed by atoms with Gasteiger partial charge in [-0.2, -0.15) is 0 Å². The van der Waals surface area contributed by atoms with E-state index >= 15 is 0 Å². The smallest absolute Gasteiger partial charge is 0.293 e. The molecule has 0 aliphatic carbocycles. The fraction of sp³-hybridized carbons (Fsp3) is 0.333. The summed E-state index contributed by atoms with van der Waals surface area (Å²) in [7, 11) is 0. The van der Waals surface area contributed by atoms with Crippen molar-refractivity contribution in [2.75, 3.05) is 19.6 Å². The van der Waals surface area contributed by atoms with E-state index in [0.29, 0.717) is 31.1 Å². The summed E-state index contributed by atoms with van der Waals surface area (Å²) in [6, 6.07) is 9.78. The summed E-state index contributed by atoms with van der Waals surface area (Å²) < 4.78 is 15.3. The van der Waals surface area contributed by atoms with Crippen molar-refractivity contribution in [3.05, 3.63) is 53.4 Å². The van der Waals surface area contributed by atoms with Crippen LogP contribution in [0.25, 0.3) is 16.4 Å². The fourth-order valence-corrected chi connectivity index (χ4v) is 4.29. The van der Waals surface area contributed by atoms with Crippen molar-refractivity contribution >= 4 is 23.2 Å². The Hall–Kier alpha value is -3.07. The number of nitrogens with zero attached hydrogens (tertiary/aromatic N) is 4. The molecule has 1 aliphatic rings. The number of halogens is 1. The molecule has 1 fully saturated rings. The normalized spacial score (nSPS) is 16.5. The van der Waals surface area contributed by atoms with Crippen LogP contribution in [0.5, 0.6) is 0 Å². The van der Waals surface area contributed by atoms with E-state index in [9.17, 15) is 14.0 Å². The molecule has 9 heteroatoms. The van der Waals surface area contributed by atoms with Gasteiger partial charge in [0.1, 0.15) is 5.82 Å². The van der Waals surface area contributed by atoms with Crippen molar-refractivity contribution < 1.29 is 14.0 Å². The number of likely N-dealkylation sites (tertiary alicyclic amines) is 1. The quantitative estimate of drug-likeness (QED) is 0.679. The molecule has 1 saturated heterocycles. The number of rotatable bonds is 5. The first-order valence-electron chi connectivity index (χ1n) is 9.90. The van der Waals surface area contributed by atoms with Crippen LogP contribution in [-0.2, 0) is 4.79 Å². The van der Waals surface area contributed by atoms with E-state index in [4.69, 9.17) is 0 Å². The van der Waals surface area contributed by atoms with E-state index in [1.165, 1.54) is 28.2 Å². The summed E-state index contributed by atoms with van der Waals surface area (Å²) in [5.74, 6) is -0.460. The third-order valence-corrected chi connectivity index (χ3v) is 5.89. The largest absolute Gasteiger partial charge is 0.356 e. The second-order valence-electron chi connectivity index (χ2n) is 7.11. The minimum absolute atomic E-state index is 0.0347. The Morgan fingerprint density at radius 2 is 2.17 bits per heavy atom. The molecule has 1 aromatic carbocycles. The molecular weight excluding hydrogens is 405 g/mol. The fourth-order valence-electron chi connectivity index (χ4n) is 3.59. The summed E-state index contributed by atoms with van der Waals surface area (Å²) in [6.45, 7) is 3.33. The Bertz CT molecular complexity index is 1050. The summed E-state index contributed by atoms with van der Waals surface area (Å²) in [5.41, 5.74) is 0.490. The van der Waals surface area contributed by atoms with Crippen molar-refractivity contribution in [1.82, 2.24) is 25.0 Å². The second-order valence-corrected chi connectivity index (χ2v) is 8.06. The molecule has 0 radical (unpaired) electrons. The van der Waals surface area contributed by atoms with E-state index < -0.39 is 5.82 Å². The third kappa shape index (κ3) is 4.11. The van der Waals surface area contributed by atoms with Gasteiger partial charge in [0.15, 0.2) is 5.82 Å². The molecule has 3 aromatic rings. The van der Waals surface area contributed by atoms with Gasteiger partial charge < -0.3 is 10.2 Å². The molecule has 1 atom stereocenters. The highest BCUT2D eigenvalue weighted by atomic mass is 32.1. The molecule has 4 rings (SSSR count). The van der Waals surface area contributed by atoms with Gasteiger partial charge >= 0.3 is 0 Å². The lowest BCUT2D eigenvalue weighted by molar-refractivity contribution is -0.126. The number of amides is 2. The number of nitrogens with one attached hydrogen (secondary N) is 1. The van der Waals surface area contributed by atoms with Gasteiger partial charge in [0.05, 0.1) is 16.5 Å². The molecular formula is C21H22FN5O2S. The average molecular weight is 428 g/mol. The molecule has 156 valence electrons. The Kier molecular flexibility index (Phi) is 5.89. The van der Waals surface area contributed by atoms with Gasteiger partial charge in [0.2, 0.25) is 11.7 Å². The van der Waals surface area contributed by atoms with Gasteiger partial charge in [-0.1, -0.05) is 12.1 Å². The molecule has 0 spiro atoms. The van der Waals surface area contributed by atoms with Crippen LogP contribution in [0.3, 0.4) is 0 Å². The lowest BCUT2D eigenvalue weighted by atomic mass is 9.97. The van der Waals surface area contributed by atoms with Crippen LogP contribution >= 0.6 is 11.3 Å². The maximum atomic E-state index is 13.8. The SMILES string of the molecule is CCNC(=O)C1CCCN(C(=O)c2nc(-c3cccs3)n(-c3cccc(F)c3)n2)C1. The highest BCUT2D eigenvalue weighted by Crippen LogP contribution is 2.27. The maximum absolute atomic E-state index is 13.8. The predicted molar refractivity (Wildman–Crippen MR) is 112 cm³/mol. The van der Waals surface area contributed by atoms with Crippen LogP contribution in [0.2, 0.25) is 0 Å². The summed E-state index contributed by atoms with van der Waals surface area (Å²) in [6.07, 6.45) is 1.50. The number of aromatic nitrogens is 3. The average Bonchev–Trinajstić information content (AvgIpc) is 3.43. The maximum Gasteiger partial charge on any atom is 0.293 e. The molecule has 7 nitrogen and oxygen atoms in total. The van der Waals surface area contributed by atoms with E-state index in [0.717, 1.165) is 17.7 Å². The molecule has 30 heavy (non-hydrogen) atoms. The molecule has 1 unspecified atom stereocenters. The molecule has 0 bridgehead atoms. The van der Waals surface area contributed by atoms with Crippen molar-refractivity contribution in [2.45, 2.75) is 19.8 Å². The molecule has 3 heterocycles. The molecule has 2 aromatic heterocycles. The van der Waals surface area contributed by atoms with Gasteiger partial charge in [-0.15, -0.1) is 16.4 Å². The van der Waals surface area contributed by atoms with Gasteiger partial charge in [-0.25, -0.2) is 14.1 Å². The number of hydrogen-bond acceptors (Lipinski definition) is 5. The zero-order valence-electron chi connectivity index (χ0n) is 16.5. The molecule has 2 amide bonds. The number of hydrogen-bond donors (Lipinski definition) is 1. The summed E-state index contributed by atoms with van der Waals surface area (Å²) in [4.78, 5) is 32.3. The van der Waals surface area contributed by atoms with Gasteiger partial charge in [-0.05, 0) is 49.4 Å². The van der Waals surface area contributed by atoms with Crippen molar-refractivity contribution in [1.29, 1.82) is 0 Å². The lowest BCUT2D eigenvalue weighted by Gasteiger charge is -2.31. The number of piperidine rings is 1. The minimum atomic E-state index is -0.395. The first-order chi connectivity index (χ1) is 14.6. The Balaban J connectivity index is 1.65. The van der Waals surface area contributed by atoms with E-state index in [1.54, 1.807) is 17.0 Å². The first kappa shape index (κ1) is 20.2. The van der Waals surface area contributed by atoms with Crippen molar-refractivity contribution in [2.24, 2.45) is 5.92 Å². The third-order valence-electron chi connectivity index (χ3n) is 5.02. The van der Waals surface area contributed by atoms with Crippen molar-refractivity contribution in [3.8, 4) is 16.4 Å². The summed E-state index contributed by atoms with van der Waals surface area (Å²) >= 11 is 1.46. The van der Waals surface area contributed by atoms with E-state index in [-0.39, 0.29) is 23.6 Å². The lowest BCUT2D eigenvalue weighted by Crippen LogP contribution is -2.45. The highest BCUT2D eigenvalue weighted by Gasteiger charge is 2.31. The van der Waals surface area contributed by atoms with Crippen LogP contribution in [-0.4, -0.2) is 51.1 Å².